The molecule has 262 valence electrons. The Balaban J connectivity index is 0.000000212. The second-order valence-electron chi connectivity index (χ2n) is 17.3. The summed E-state index contributed by atoms with van der Waals surface area (Å²) in [5, 5.41) is 0. The maximum Gasteiger partial charge on any atom is 0.350 e. The van der Waals surface area contributed by atoms with E-state index in [4.69, 9.17) is 18.9 Å². The smallest absolute Gasteiger partial charge is 0.350 e. The summed E-state index contributed by atoms with van der Waals surface area (Å²) in [6.07, 6.45) is 12.9. The number of carbonyl (C=O) groups is 4. The van der Waals surface area contributed by atoms with Crippen LogP contribution in [0.15, 0.2) is 0 Å². The van der Waals surface area contributed by atoms with Crippen molar-refractivity contribution in [2.75, 3.05) is 6.61 Å². The molecule has 0 aliphatic heterocycles. The van der Waals surface area contributed by atoms with Gasteiger partial charge in [-0.3, -0.25) is 9.59 Å². The monoisotopic (exact) mass is 646 g/mol. The van der Waals surface area contributed by atoms with Crippen LogP contribution in [-0.4, -0.2) is 47.3 Å². The van der Waals surface area contributed by atoms with Crippen molar-refractivity contribution >= 4 is 23.9 Å². The van der Waals surface area contributed by atoms with Crippen molar-refractivity contribution in [1.82, 2.24) is 0 Å². The third kappa shape index (κ3) is 7.46. The van der Waals surface area contributed by atoms with Crippen molar-refractivity contribution in [1.29, 1.82) is 0 Å². The van der Waals surface area contributed by atoms with E-state index in [0.29, 0.717) is 36.5 Å². The molecule has 6 saturated carbocycles. The Morgan fingerprint density at radius 2 is 1.17 bits per heavy atom. The highest BCUT2D eigenvalue weighted by molar-refractivity contribution is 5.84. The van der Waals surface area contributed by atoms with E-state index in [2.05, 4.69) is 13.8 Å². The molecule has 0 radical (unpaired) electrons. The Morgan fingerprint density at radius 3 is 1.63 bits per heavy atom. The predicted octanol–water partition coefficient (Wildman–Crippen LogP) is 7.98. The van der Waals surface area contributed by atoms with Crippen LogP contribution in [0.5, 0.6) is 0 Å². The van der Waals surface area contributed by atoms with Crippen molar-refractivity contribution in [2.24, 2.45) is 46.3 Å². The van der Waals surface area contributed by atoms with Gasteiger partial charge in [-0.15, -0.1) is 0 Å². The largest absolute Gasteiger partial charge is 0.456 e. The lowest BCUT2D eigenvalue weighted by Gasteiger charge is -2.59. The molecule has 6 rings (SSSR count). The van der Waals surface area contributed by atoms with E-state index in [0.717, 1.165) is 31.1 Å². The molecule has 6 fully saturated rings. The van der Waals surface area contributed by atoms with Gasteiger partial charge >= 0.3 is 23.9 Å². The van der Waals surface area contributed by atoms with Gasteiger partial charge in [0.05, 0.1) is 10.8 Å². The van der Waals surface area contributed by atoms with E-state index in [1.807, 2.05) is 41.5 Å². The molecule has 0 N–H and O–H groups in total. The lowest BCUT2D eigenvalue weighted by Crippen LogP contribution is -2.59. The van der Waals surface area contributed by atoms with Crippen molar-refractivity contribution in [2.45, 2.75) is 163 Å². The van der Waals surface area contributed by atoms with E-state index in [-0.39, 0.29) is 24.1 Å². The summed E-state index contributed by atoms with van der Waals surface area (Å²) < 4.78 is 22.6. The molecule has 46 heavy (non-hydrogen) atoms. The number of rotatable bonds is 11. The van der Waals surface area contributed by atoms with Crippen LogP contribution in [0.2, 0.25) is 0 Å². The summed E-state index contributed by atoms with van der Waals surface area (Å²) in [6.45, 7) is 18.5. The zero-order valence-electron chi connectivity index (χ0n) is 30.4. The molecule has 0 aromatic heterocycles. The molecule has 0 heterocycles. The SMILES string of the molecule is CCC(C)(C)C(=O)OC(C)(C)C(=O)OC1(C)C2CC3CC(C2)CC1C3.CCC(C)(C)C(=O)OCC(=O)OC1(CC)CC2CCC1C2. The highest BCUT2D eigenvalue weighted by atomic mass is 16.6. The molecule has 6 aliphatic rings. The third-order valence-electron chi connectivity index (χ3n) is 12.9. The fourth-order valence-electron chi connectivity index (χ4n) is 8.91. The van der Waals surface area contributed by atoms with Crippen molar-refractivity contribution in [3.05, 3.63) is 0 Å². The van der Waals surface area contributed by atoms with Crippen LogP contribution in [0.25, 0.3) is 0 Å². The summed E-state index contributed by atoms with van der Waals surface area (Å²) >= 11 is 0. The van der Waals surface area contributed by atoms with Gasteiger partial charge in [-0.05, 0) is 161 Å². The van der Waals surface area contributed by atoms with E-state index < -0.39 is 34.0 Å². The zero-order valence-corrected chi connectivity index (χ0v) is 30.4. The number of fused-ring (bicyclic) bond motifs is 2. The van der Waals surface area contributed by atoms with Gasteiger partial charge in [0.1, 0.15) is 11.2 Å². The average molecular weight is 647 g/mol. The maximum atomic E-state index is 12.9. The molecule has 0 saturated heterocycles. The molecule has 3 unspecified atom stereocenters. The van der Waals surface area contributed by atoms with E-state index in [9.17, 15) is 19.2 Å². The molecule has 3 atom stereocenters. The predicted molar refractivity (Wildman–Crippen MR) is 175 cm³/mol. The van der Waals surface area contributed by atoms with Crippen molar-refractivity contribution in [3.63, 3.8) is 0 Å². The molecular weight excluding hydrogens is 584 g/mol. The second-order valence-corrected chi connectivity index (χ2v) is 17.3. The highest BCUT2D eigenvalue weighted by Crippen LogP contribution is 2.59. The van der Waals surface area contributed by atoms with Gasteiger partial charge in [0.2, 0.25) is 5.60 Å². The zero-order chi connectivity index (χ0) is 34.3. The Kier molecular flexibility index (Phi) is 10.7. The Labute approximate surface area is 277 Å². The molecule has 8 nitrogen and oxygen atoms in total. The fourth-order valence-corrected chi connectivity index (χ4v) is 8.91. The van der Waals surface area contributed by atoms with Crippen LogP contribution in [0.1, 0.15) is 146 Å². The van der Waals surface area contributed by atoms with Gasteiger partial charge < -0.3 is 18.9 Å². The quantitative estimate of drug-likeness (QED) is 0.164. The third-order valence-corrected chi connectivity index (χ3v) is 12.9. The number of esters is 4. The number of ether oxygens (including phenoxy) is 4. The van der Waals surface area contributed by atoms with Crippen LogP contribution in [0, 0.1) is 46.3 Å². The van der Waals surface area contributed by atoms with Crippen LogP contribution in [0.3, 0.4) is 0 Å². The first-order valence-corrected chi connectivity index (χ1v) is 18.2. The first-order valence-electron chi connectivity index (χ1n) is 18.2. The van der Waals surface area contributed by atoms with Gasteiger partial charge in [0.25, 0.3) is 0 Å². The number of hydrogen-bond acceptors (Lipinski definition) is 8. The number of hydrogen-bond donors (Lipinski definition) is 0. The topological polar surface area (TPSA) is 105 Å². The van der Waals surface area contributed by atoms with Gasteiger partial charge in [0, 0.05) is 0 Å². The minimum atomic E-state index is -1.25. The van der Waals surface area contributed by atoms with Crippen LogP contribution >= 0.6 is 0 Å². The highest BCUT2D eigenvalue weighted by Gasteiger charge is 2.58. The Hall–Kier alpha value is -2.12. The maximum absolute atomic E-state index is 12.9. The van der Waals surface area contributed by atoms with Gasteiger partial charge in [0.15, 0.2) is 6.61 Å². The molecular formula is C38H62O8. The summed E-state index contributed by atoms with van der Waals surface area (Å²) in [7, 11) is 0. The summed E-state index contributed by atoms with van der Waals surface area (Å²) in [4.78, 5) is 49.3. The van der Waals surface area contributed by atoms with Crippen molar-refractivity contribution in [3.8, 4) is 0 Å². The first-order chi connectivity index (χ1) is 21.3. The average Bonchev–Trinajstić information content (AvgIpc) is 3.60. The van der Waals surface area contributed by atoms with Crippen LogP contribution < -0.4 is 0 Å². The molecule has 0 spiro atoms. The minimum absolute atomic E-state index is 0.263. The van der Waals surface area contributed by atoms with Gasteiger partial charge in [-0.2, -0.15) is 0 Å². The fraction of sp³-hybridized carbons (Fsp3) is 0.895. The Bertz CT molecular complexity index is 1120. The Morgan fingerprint density at radius 1 is 0.652 bits per heavy atom. The van der Waals surface area contributed by atoms with Gasteiger partial charge in [-0.1, -0.05) is 20.8 Å². The molecule has 0 aromatic rings. The lowest BCUT2D eigenvalue weighted by molar-refractivity contribution is -0.221. The summed E-state index contributed by atoms with van der Waals surface area (Å²) in [5.41, 5.74) is -3.08. The standard InChI is InChI=1S/C21H34O4.C17H28O4/c1-7-19(2,3)17(22)24-20(4,5)18(23)25-21(6)15-9-13-8-14(11-15)12-16(21)10-13;1-5-16(3,4)15(19)20-11-14(18)21-17(6-2)10-12-7-8-13(17)9-12/h13-16H,7-12H2,1-6H3;12-13H,5-11H2,1-4H3. The van der Waals surface area contributed by atoms with E-state index in [1.165, 1.54) is 44.9 Å². The first kappa shape index (κ1) is 36.7. The molecule has 8 heteroatoms. The van der Waals surface area contributed by atoms with Crippen molar-refractivity contribution < 1.29 is 38.1 Å². The lowest BCUT2D eigenvalue weighted by atomic mass is 9.50. The van der Waals surface area contributed by atoms with Crippen LogP contribution in [-0.2, 0) is 38.1 Å². The molecule has 6 aliphatic carbocycles. The normalized spacial score (nSPS) is 34.4. The minimum Gasteiger partial charge on any atom is -0.456 e. The molecule has 0 aromatic carbocycles. The molecule has 6 bridgehead atoms. The van der Waals surface area contributed by atoms with E-state index >= 15 is 0 Å². The number of carbonyl (C=O) groups excluding carboxylic acids is 4. The molecule has 0 amide bonds. The van der Waals surface area contributed by atoms with Crippen LogP contribution in [0.4, 0.5) is 0 Å². The second kappa shape index (κ2) is 13.4. The summed E-state index contributed by atoms with van der Waals surface area (Å²) in [5.74, 6) is 2.32. The summed E-state index contributed by atoms with van der Waals surface area (Å²) in [6, 6.07) is 0. The van der Waals surface area contributed by atoms with E-state index in [1.54, 1.807) is 13.8 Å². The van der Waals surface area contributed by atoms with Gasteiger partial charge in [-0.25, -0.2) is 9.59 Å².